The van der Waals surface area contributed by atoms with Crippen LogP contribution in [-0.4, -0.2) is 28.6 Å². The highest BCUT2D eigenvalue weighted by atomic mass is 16.3. The molecule has 1 fully saturated rings. The van der Waals surface area contributed by atoms with Gasteiger partial charge in [-0.25, -0.2) is 4.98 Å². The van der Waals surface area contributed by atoms with Gasteiger partial charge in [0.2, 0.25) is 5.91 Å². The number of aliphatic hydroxyl groups excluding tert-OH is 1. The summed E-state index contributed by atoms with van der Waals surface area (Å²) in [5.41, 5.74) is 1.63. The third kappa shape index (κ3) is 1.89. The summed E-state index contributed by atoms with van der Waals surface area (Å²) >= 11 is 0. The molecule has 1 unspecified atom stereocenters. The standard InChI is InChI=1S/C13H12N2O3/c16-11-5-13(17)15(7-11)10-3-1-2-9(4-10)12-6-14-8-18-12/h1-4,6,8,11,16H,5,7H2. The number of hydrogen-bond acceptors (Lipinski definition) is 4. The second-order valence-corrected chi connectivity index (χ2v) is 4.28. The van der Waals surface area contributed by atoms with Crippen LogP contribution in [0.5, 0.6) is 0 Å². The second-order valence-electron chi connectivity index (χ2n) is 4.28. The molecule has 1 N–H and O–H groups in total. The number of benzene rings is 1. The first-order valence-electron chi connectivity index (χ1n) is 5.71. The van der Waals surface area contributed by atoms with Gasteiger partial charge in [-0.15, -0.1) is 0 Å². The summed E-state index contributed by atoms with van der Waals surface area (Å²) in [6.45, 7) is 0.346. The minimum absolute atomic E-state index is 0.0581. The Morgan fingerprint density at radius 3 is 3.00 bits per heavy atom. The maximum absolute atomic E-state index is 11.7. The Kier molecular flexibility index (Phi) is 2.60. The van der Waals surface area contributed by atoms with E-state index in [-0.39, 0.29) is 12.3 Å². The molecule has 2 heterocycles. The minimum atomic E-state index is -0.577. The van der Waals surface area contributed by atoms with Gasteiger partial charge in [0.15, 0.2) is 12.2 Å². The number of oxazole rings is 1. The van der Waals surface area contributed by atoms with Crippen LogP contribution in [-0.2, 0) is 4.79 Å². The molecule has 0 spiro atoms. The van der Waals surface area contributed by atoms with Crippen molar-refractivity contribution in [1.29, 1.82) is 0 Å². The SMILES string of the molecule is O=C1CC(O)CN1c1cccc(-c2cnco2)c1. The van der Waals surface area contributed by atoms with Crippen molar-refractivity contribution in [1.82, 2.24) is 4.98 Å². The maximum Gasteiger partial charge on any atom is 0.229 e. The van der Waals surface area contributed by atoms with Crippen LogP contribution in [0.25, 0.3) is 11.3 Å². The highest BCUT2D eigenvalue weighted by molar-refractivity contribution is 5.96. The van der Waals surface area contributed by atoms with Crippen LogP contribution in [0.2, 0.25) is 0 Å². The van der Waals surface area contributed by atoms with Crippen LogP contribution in [0.1, 0.15) is 6.42 Å². The Bertz CT molecular complexity index is 565. The lowest BCUT2D eigenvalue weighted by Crippen LogP contribution is -2.25. The summed E-state index contributed by atoms with van der Waals surface area (Å²) in [6.07, 6.45) is 2.60. The van der Waals surface area contributed by atoms with Crippen LogP contribution in [0.3, 0.4) is 0 Å². The topological polar surface area (TPSA) is 66.6 Å². The minimum Gasteiger partial charge on any atom is -0.444 e. The molecule has 5 heteroatoms. The van der Waals surface area contributed by atoms with Crippen molar-refractivity contribution in [2.24, 2.45) is 0 Å². The van der Waals surface area contributed by atoms with E-state index in [1.54, 1.807) is 11.1 Å². The first kappa shape index (κ1) is 11.0. The van der Waals surface area contributed by atoms with Gasteiger partial charge in [0.05, 0.1) is 25.3 Å². The van der Waals surface area contributed by atoms with Crippen molar-refractivity contribution in [2.45, 2.75) is 12.5 Å². The van der Waals surface area contributed by atoms with Gasteiger partial charge in [-0.3, -0.25) is 4.79 Å². The van der Waals surface area contributed by atoms with Gasteiger partial charge in [-0.2, -0.15) is 0 Å². The van der Waals surface area contributed by atoms with E-state index in [4.69, 9.17) is 4.42 Å². The number of aromatic nitrogens is 1. The van der Waals surface area contributed by atoms with Crippen LogP contribution >= 0.6 is 0 Å². The summed E-state index contributed by atoms with van der Waals surface area (Å²) in [5, 5.41) is 9.49. The van der Waals surface area contributed by atoms with Gasteiger partial charge >= 0.3 is 0 Å². The average molecular weight is 244 g/mol. The number of nitrogens with zero attached hydrogens (tertiary/aromatic N) is 2. The predicted octanol–water partition coefficient (Wildman–Crippen LogP) is 1.44. The number of carbonyl (C=O) groups excluding carboxylic acids is 1. The predicted molar refractivity (Wildman–Crippen MR) is 64.9 cm³/mol. The van der Waals surface area contributed by atoms with Crippen molar-refractivity contribution in [2.75, 3.05) is 11.4 Å². The largest absolute Gasteiger partial charge is 0.444 e. The lowest BCUT2D eigenvalue weighted by molar-refractivity contribution is -0.117. The van der Waals surface area contributed by atoms with Crippen molar-refractivity contribution < 1.29 is 14.3 Å². The average Bonchev–Trinajstić information content (AvgIpc) is 2.99. The maximum atomic E-state index is 11.7. The van der Waals surface area contributed by atoms with Crippen LogP contribution in [0.4, 0.5) is 5.69 Å². The van der Waals surface area contributed by atoms with E-state index in [0.717, 1.165) is 11.3 Å². The normalized spacial score (nSPS) is 19.5. The summed E-state index contributed by atoms with van der Waals surface area (Å²) in [7, 11) is 0. The molecule has 1 aromatic carbocycles. The number of anilines is 1. The van der Waals surface area contributed by atoms with E-state index in [2.05, 4.69) is 4.98 Å². The molecule has 1 aliphatic rings. The van der Waals surface area contributed by atoms with Gasteiger partial charge in [-0.1, -0.05) is 12.1 Å². The molecule has 0 saturated carbocycles. The van der Waals surface area contributed by atoms with E-state index < -0.39 is 6.10 Å². The third-order valence-corrected chi connectivity index (χ3v) is 2.98. The highest BCUT2D eigenvalue weighted by Crippen LogP contribution is 2.27. The van der Waals surface area contributed by atoms with Gasteiger partial charge in [-0.05, 0) is 12.1 Å². The first-order chi connectivity index (χ1) is 8.74. The van der Waals surface area contributed by atoms with Crippen molar-refractivity contribution in [3.8, 4) is 11.3 Å². The van der Waals surface area contributed by atoms with E-state index in [0.29, 0.717) is 12.3 Å². The van der Waals surface area contributed by atoms with Gasteiger partial charge in [0.1, 0.15) is 0 Å². The molecule has 0 aliphatic carbocycles. The van der Waals surface area contributed by atoms with Crippen LogP contribution in [0, 0.1) is 0 Å². The Hall–Kier alpha value is -2.14. The number of rotatable bonds is 2. The monoisotopic (exact) mass is 244 g/mol. The Morgan fingerprint density at radius 1 is 1.44 bits per heavy atom. The molecule has 1 amide bonds. The zero-order valence-corrected chi connectivity index (χ0v) is 9.61. The van der Waals surface area contributed by atoms with Gasteiger partial charge < -0.3 is 14.4 Å². The number of hydrogen-bond donors (Lipinski definition) is 1. The smallest absolute Gasteiger partial charge is 0.229 e. The number of aliphatic hydroxyl groups is 1. The Morgan fingerprint density at radius 2 is 2.33 bits per heavy atom. The molecule has 1 aliphatic heterocycles. The number of β-amino-alcohol motifs (C(OH)–C–C–N with tert-alkyl or cyclic N) is 1. The molecule has 3 rings (SSSR count). The molecule has 1 atom stereocenters. The lowest BCUT2D eigenvalue weighted by atomic mass is 10.1. The molecular weight excluding hydrogens is 232 g/mol. The Labute approximate surface area is 104 Å². The van der Waals surface area contributed by atoms with Crippen molar-refractivity contribution in [3.05, 3.63) is 36.9 Å². The second kappa shape index (κ2) is 4.27. The van der Waals surface area contributed by atoms with Gasteiger partial charge in [0.25, 0.3) is 0 Å². The van der Waals surface area contributed by atoms with E-state index in [1.807, 2.05) is 24.3 Å². The molecule has 2 aromatic rings. The van der Waals surface area contributed by atoms with Gasteiger partial charge in [0, 0.05) is 11.3 Å². The van der Waals surface area contributed by atoms with Crippen molar-refractivity contribution >= 4 is 11.6 Å². The summed E-state index contributed by atoms with van der Waals surface area (Å²) in [4.78, 5) is 17.2. The molecule has 18 heavy (non-hydrogen) atoms. The van der Waals surface area contributed by atoms with Crippen LogP contribution in [0.15, 0.2) is 41.3 Å². The zero-order chi connectivity index (χ0) is 12.5. The molecule has 0 bridgehead atoms. The molecule has 0 radical (unpaired) electrons. The lowest BCUT2D eigenvalue weighted by Gasteiger charge is -2.16. The Balaban J connectivity index is 1.94. The summed E-state index contributed by atoms with van der Waals surface area (Å²) < 4.78 is 5.22. The molecular formula is C13H12N2O3. The fourth-order valence-corrected chi connectivity index (χ4v) is 2.12. The summed E-state index contributed by atoms with van der Waals surface area (Å²) in [6, 6.07) is 7.44. The van der Waals surface area contributed by atoms with Crippen molar-refractivity contribution in [3.63, 3.8) is 0 Å². The van der Waals surface area contributed by atoms with E-state index >= 15 is 0 Å². The molecule has 1 saturated heterocycles. The quantitative estimate of drug-likeness (QED) is 0.868. The highest BCUT2D eigenvalue weighted by Gasteiger charge is 2.29. The number of carbonyl (C=O) groups is 1. The van der Waals surface area contributed by atoms with E-state index in [1.165, 1.54) is 6.39 Å². The fraction of sp³-hybridized carbons (Fsp3) is 0.231. The fourth-order valence-electron chi connectivity index (χ4n) is 2.12. The third-order valence-electron chi connectivity index (χ3n) is 2.98. The van der Waals surface area contributed by atoms with Crippen LogP contribution < -0.4 is 4.90 Å². The molecule has 1 aromatic heterocycles. The summed E-state index contributed by atoms with van der Waals surface area (Å²) in [5.74, 6) is 0.598. The first-order valence-corrected chi connectivity index (χ1v) is 5.71. The molecule has 92 valence electrons. The number of amides is 1. The molecule has 5 nitrogen and oxygen atoms in total. The zero-order valence-electron chi connectivity index (χ0n) is 9.61. The van der Waals surface area contributed by atoms with E-state index in [9.17, 15) is 9.90 Å².